The van der Waals surface area contributed by atoms with Crippen LogP contribution in [0.2, 0.25) is 0 Å². The van der Waals surface area contributed by atoms with Crippen molar-refractivity contribution in [1.82, 2.24) is 19.5 Å². The molecule has 0 bridgehead atoms. The summed E-state index contributed by atoms with van der Waals surface area (Å²) in [5, 5.41) is 2.45. The molecule has 256 valence electrons. The van der Waals surface area contributed by atoms with Crippen molar-refractivity contribution in [1.29, 1.82) is 0 Å². The number of aromatic nitrogens is 4. The van der Waals surface area contributed by atoms with Gasteiger partial charge in [0.2, 0.25) is 0 Å². The maximum Gasteiger partial charge on any atom is 0.164 e. The van der Waals surface area contributed by atoms with Crippen molar-refractivity contribution in [2.45, 2.75) is 12.8 Å². The van der Waals surface area contributed by atoms with Gasteiger partial charge in [-0.15, -0.1) is 0 Å². The lowest BCUT2D eigenvalue weighted by Gasteiger charge is -2.30. The summed E-state index contributed by atoms with van der Waals surface area (Å²) in [7, 11) is 0. The molecule has 2 aromatic heterocycles. The van der Waals surface area contributed by atoms with Crippen LogP contribution < -0.4 is 4.90 Å². The van der Waals surface area contributed by atoms with Gasteiger partial charge >= 0.3 is 0 Å². The predicted octanol–water partition coefficient (Wildman–Crippen LogP) is 11.9. The topological polar surface area (TPSA) is 46.8 Å². The first-order chi connectivity index (χ1) is 26.7. The predicted molar refractivity (Wildman–Crippen MR) is 223 cm³/mol. The van der Waals surface area contributed by atoms with Crippen LogP contribution in [0.1, 0.15) is 35.4 Å². The highest BCUT2D eigenvalue weighted by Crippen LogP contribution is 2.43. The Morgan fingerprint density at radius 2 is 1.15 bits per heavy atom. The van der Waals surface area contributed by atoms with Crippen LogP contribution >= 0.6 is 0 Å². The molecule has 3 heterocycles. The Labute approximate surface area is 314 Å². The van der Waals surface area contributed by atoms with Gasteiger partial charge < -0.3 is 9.47 Å². The molecule has 8 aromatic rings. The summed E-state index contributed by atoms with van der Waals surface area (Å²) in [6, 6.07) is 52.7. The zero-order valence-corrected chi connectivity index (χ0v) is 29.6. The van der Waals surface area contributed by atoms with Gasteiger partial charge in [-0.2, -0.15) is 0 Å². The molecule has 0 saturated heterocycles. The molecule has 0 atom stereocenters. The van der Waals surface area contributed by atoms with Gasteiger partial charge in [0.1, 0.15) is 0 Å². The minimum Gasteiger partial charge on any atom is -0.320 e. The lowest BCUT2D eigenvalue weighted by atomic mass is 9.90. The van der Waals surface area contributed by atoms with E-state index in [-0.39, 0.29) is 0 Å². The van der Waals surface area contributed by atoms with Gasteiger partial charge in [-0.05, 0) is 66.0 Å². The van der Waals surface area contributed by atoms with Crippen molar-refractivity contribution in [2.75, 3.05) is 4.90 Å². The molecule has 54 heavy (non-hydrogen) atoms. The number of anilines is 1. The zero-order valence-electron chi connectivity index (χ0n) is 29.6. The summed E-state index contributed by atoms with van der Waals surface area (Å²) < 4.78 is 2.40. The van der Waals surface area contributed by atoms with Crippen LogP contribution in [-0.4, -0.2) is 19.5 Å². The molecular formula is C49H35N5. The molecular weight excluding hydrogens is 659 g/mol. The molecule has 10 rings (SSSR count). The number of hydrogen-bond acceptors (Lipinski definition) is 4. The summed E-state index contributed by atoms with van der Waals surface area (Å²) in [6.07, 6.45) is 10.5. The van der Waals surface area contributed by atoms with E-state index in [2.05, 4.69) is 125 Å². The van der Waals surface area contributed by atoms with Crippen molar-refractivity contribution < 1.29 is 0 Å². The van der Waals surface area contributed by atoms with Gasteiger partial charge in [-0.25, -0.2) is 15.0 Å². The fourth-order valence-corrected chi connectivity index (χ4v) is 7.89. The highest BCUT2D eigenvalue weighted by molar-refractivity contribution is 6.13. The van der Waals surface area contributed by atoms with E-state index in [0.717, 1.165) is 63.2 Å². The minimum atomic E-state index is 0.673. The molecule has 0 amide bonds. The second-order valence-corrected chi connectivity index (χ2v) is 13.7. The van der Waals surface area contributed by atoms with Gasteiger partial charge in [-0.1, -0.05) is 140 Å². The lowest BCUT2D eigenvalue weighted by molar-refractivity contribution is 0.907. The van der Waals surface area contributed by atoms with Gasteiger partial charge in [0.25, 0.3) is 0 Å². The first-order valence-electron chi connectivity index (χ1n) is 18.4. The Kier molecular flexibility index (Phi) is 7.69. The average Bonchev–Trinajstić information content (AvgIpc) is 3.59. The second kappa shape index (κ2) is 13.1. The van der Waals surface area contributed by atoms with Crippen LogP contribution in [0.3, 0.4) is 0 Å². The number of nitrogens with zero attached hydrogens (tertiary/aromatic N) is 5. The number of hydrogen-bond donors (Lipinski definition) is 0. The Balaban J connectivity index is 1.11. The quantitative estimate of drug-likeness (QED) is 0.180. The molecule has 0 saturated carbocycles. The third kappa shape index (κ3) is 5.37. The highest BCUT2D eigenvalue weighted by Gasteiger charge is 2.25. The third-order valence-corrected chi connectivity index (χ3v) is 10.5. The maximum absolute atomic E-state index is 5.01. The first-order valence-corrected chi connectivity index (χ1v) is 18.4. The second-order valence-electron chi connectivity index (χ2n) is 13.7. The number of fused-ring (bicyclic) bond motifs is 6. The largest absolute Gasteiger partial charge is 0.320 e. The normalized spacial score (nSPS) is 14.5. The Hall–Kier alpha value is -7.11. The summed E-state index contributed by atoms with van der Waals surface area (Å²) in [5.74, 6) is 2.05. The molecule has 5 nitrogen and oxygen atoms in total. The van der Waals surface area contributed by atoms with Crippen LogP contribution in [0.5, 0.6) is 0 Å². The van der Waals surface area contributed by atoms with Crippen molar-refractivity contribution in [3.63, 3.8) is 0 Å². The lowest BCUT2D eigenvalue weighted by Crippen LogP contribution is -2.19. The minimum absolute atomic E-state index is 0.673. The number of para-hydroxylation sites is 3. The third-order valence-electron chi connectivity index (χ3n) is 10.5. The SMILES string of the molecule is C=C1c2ccccc2N(C2=CC=C(c3nc(-c4ccccc4)nc(-c4ccccc4)n3)CC2)/C=C\c2c1ccc1c3ccccc3n(-c3ccccc3)c21. The van der Waals surface area contributed by atoms with E-state index >= 15 is 0 Å². The van der Waals surface area contributed by atoms with Crippen molar-refractivity contribution in [3.8, 4) is 28.5 Å². The summed E-state index contributed by atoms with van der Waals surface area (Å²) >= 11 is 0. The molecule has 5 heteroatoms. The van der Waals surface area contributed by atoms with Crippen LogP contribution in [0.4, 0.5) is 5.69 Å². The molecule has 2 aliphatic rings. The van der Waals surface area contributed by atoms with Gasteiger partial charge in [0, 0.05) is 50.6 Å². The standard InChI is InChI=1S/C49H35N5/c1-33-39-29-30-42-41-22-12-14-24-45(41)54(38-19-9-4-10-20-38)46(42)43(39)31-32-53(44-23-13-11-21-40(33)44)37-27-25-36(26-28-37)49-51-47(34-15-5-2-6-16-34)50-48(52-49)35-17-7-3-8-18-35/h2-25,27,29-32H,1,26,28H2/b32-31-. The van der Waals surface area contributed by atoms with E-state index in [4.69, 9.17) is 21.5 Å². The van der Waals surface area contributed by atoms with Crippen molar-refractivity contribution in [3.05, 3.63) is 205 Å². The summed E-state index contributed by atoms with van der Waals surface area (Å²) in [4.78, 5) is 17.2. The summed E-state index contributed by atoms with van der Waals surface area (Å²) in [6.45, 7) is 4.74. The van der Waals surface area contributed by atoms with E-state index in [1.165, 1.54) is 27.5 Å². The average molecular weight is 694 g/mol. The number of rotatable bonds is 5. The van der Waals surface area contributed by atoms with Crippen LogP contribution in [0.25, 0.3) is 67.5 Å². The van der Waals surface area contributed by atoms with E-state index in [9.17, 15) is 0 Å². The molecule has 0 unspecified atom stereocenters. The molecule has 1 aliphatic heterocycles. The molecule has 0 fully saturated rings. The zero-order chi connectivity index (χ0) is 36.0. The van der Waals surface area contributed by atoms with Crippen LogP contribution in [0.15, 0.2) is 182 Å². The molecule has 0 radical (unpaired) electrons. The fraction of sp³-hybridized carbons (Fsp3) is 0.0408. The fourth-order valence-electron chi connectivity index (χ4n) is 7.89. The Morgan fingerprint density at radius 1 is 0.519 bits per heavy atom. The van der Waals surface area contributed by atoms with E-state index in [1.54, 1.807) is 0 Å². The van der Waals surface area contributed by atoms with E-state index in [0.29, 0.717) is 17.5 Å². The van der Waals surface area contributed by atoms with Crippen molar-refractivity contribution >= 4 is 44.7 Å². The molecule has 0 N–H and O–H groups in total. The highest BCUT2D eigenvalue weighted by atomic mass is 15.1. The number of benzene rings is 6. The molecule has 0 spiro atoms. The first kappa shape index (κ1) is 31.6. The smallest absolute Gasteiger partial charge is 0.164 e. The molecule has 6 aromatic carbocycles. The van der Waals surface area contributed by atoms with Crippen molar-refractivity contribution in [2.24, 2.45) is 0 Å². The van der Waals surface area contributed by atoms with E-state index in [1.807, 2.05) is 60.7 Å². The Morgan fingerprint density at radius 3 is 1.85 bits per heavy atom. The number of allylic oxidation sites excluding steroid dienone is 4. The summed E-state index contributed by atoms with van der Waals surface area (Å²) in [5.41, 5.74) is 13.2. The van der Waals surface area contributed by atoms with Gasteiger partial charge in [-0.3, -0.25) is 0 Å². The Bertz CT molecular complexity index is 2770. The van der Waals surface area contributed by atoms with Gasteiger partial charge in [0.05, 0.1) is 16.7 Å². The monoisotopic (exact) mass is 693 g/mol. The van der Waals surface area contributed by atoms with Gasteiger partial charge in [0.15, 0.2) is 17.5 Å². The maximum atomic E-state index is 5.01. The van der Waals surface area contributed by atoms with E-state index < -0.39 is 0 Å². The molecule has 1 aliphatic carbocycles. The van der Waals surface area contributed by atoms with Crippen LogP contribution in [0, 0.1) is 0 Å². The van der Waals surface area contributed by atoms with Crippen LogP contribution in [-0.2, 0) is 0 Å².